The van der Waals surface area contributed by atoms with Crippen LogP contribution in [-0.4, -0.2) is 25.7 Å². The van der Waals surface area contributed by atoms with Gasteiger partial charge in [0.25, 0.3) is 0 Å². The third-order valence-electron chi connectivity index (χ3n) is 3.41. The molecule has 1 unspecified atom stereocenters. The molecule has 6 heteroatoms. The van der Waals surface area contributed by atoms with Gasteiger partial charge in [-0.15, -0.1) is 11.3 Å². The molecule has 0 aliphatic carbocycles. The van der Waals surface area contributed by atoms with Crippen LogP contribution in [0.4, 0.5) is 0 Å². The highest BCUT2D eigenvalue weighted by atomic mass is 32.1. The van der Waals surface area contributed by atoms with E-state index in [1.807, 2.05) is 17.9 Å². The van der Waals surface area contributed by atoms with Crippen molar-refractivity contribution in [1.82, 2.24) is 24.5 Å². The molecule has 106 valence electrons. The van der Waals surface area contributed by atoms with Crippen molar-refractivity contribution in [2.24, 2.45) is 7.05 Å². The zero-order valence-electron chi connectivity index (χ0n) is 11.8. The van der Waals surface area contributed by atoms with Crippen LogP contribution < -0.4 is 5.32 Å². The molecule has 5 nitrogen and oxygen atoms in total. The quantitative estimate of drug-likeness (QED) is 0.758. The van der Waals surface area contributed by atoms with Gasteiger partial charge in [-0.25, -0.2) is 4.98 Å². The van der Waals surface area contributed by atoms with Crippen LogP contribution in [0.25, 0.3) is 4.96 Å². The van der Waals surface area contributed by atoms with Gasteiger partial charge in [-0.2, -0.15) is 5.10 Å². The van der Waals surface area contributed by atoms with Crippen LogP contribution in [0.5, 0.6) is 0 Å². The van der Waals surface area contributed by atoms with Crippen molar-refractivity contribution >= 4 is 16.3 Å². The fourth-order valence-corrected chi connectivity index (χ4v) is 3.13. The van der Waals surface area contributed by atoms with Crippen LogP contribution in [0.1, 0.15) is 30.8 Å². The molecule has 3 rings (SSSR count). The number of aryl methyl sites for hydroxylation is 1. The van der Waals surface area contributed by atoms with Gasteiger partial charge in [0.2, 0.25) is 0 Å². The molecule has 0 fully saturated rings. The number of nitrogens with one attached hydrogen (secondary N) is 1. The predicted molar refractivity (Wildman–Crippen MR) is 81.0 cm³/mol. The molecule has 0 aliphatic rings. The predicted octanol–water partition coefficient (Wildman–Crippen LogP) is 2.41. The van der Waals surface area contributed by atoms with Gasteiger partial charge in [0.15, 0.2) is 4.96 Å². The van der Waals surface area contributed by atoms with Crippen LogP contribution >= 0.6 is 11.3 Å². The highest BCUT2D eigenvalue weighted by molar-refractivity contribution is 7.15. The largest absolute Gasteiger partial charge is 0.308 e. The maximum Gasteiger partial charge on any atom is 0.193 e. The van der Waals surface area contributed by atoms with Gasteiger partial charge < -0.3 is 5.32 Å². The van der Waals surface area contributed by atoms with E-state index in [0.29, 0.717) is 0 Å². The average molecular weight is 289 g/mol. The Morgan fingerprint density at radius 2 is 2.35 bits per heavy atom. The smallest absolute Gasteiger partial charge is 0.193 e. The fraction of sp³-hybridized carbons (Fsp3) is 0.429. The Labute approximate surface area is 122 Å². The Bertz CT molecular complexity index is 652. The highest BCUT2D eigenvalue weighted by Gasteiger charge is 2.16. The topological polar surface area (TPSA) is 47.1 Å². The van der Waals surface area contributed by atoms with E-state index in [1.165, 1.54) is 5.69 Å². The van der Waals surface area contributed by atoms with E-state index in [4.69, 9.17) is 0 Å². The first-order valence-corrected chi connectivity index (χ1v) is 7.78. The number of rotatable bonds is 6. The molecule has 0 saturated heterocycles. The molecule has 0 radical (unpaired) electrons. The van der Waals surface area contributed by atoms with E-state index in [9.17, 15) is 0 Å². The SMILES string of the molecule is CCCNC(Cc1cn2ccsc2n1)c1ccnn1C. The van der Waals surface area contributed by atoms with Crippen molar-refractivity contribution in [2.45, 2.75) is 25.8 Å². The Morgan fingerprint density at radius 3 is 3.05 bits per heavy atom. The Balaban J connectivity index is 1.82. The van der Waals surface area contributed by atoms with Gasteiger partial charge in [-0.3, -0.25) is 9.08 Å². The second-order valence-electron chi connectivity index (χ2n) is 4.92. The van der Waals surface area contributed by atoms with E-state index >= 15 is 0 Å². The summed E-state index contributed by atoms with van der Waals surface area (Å²) in [5.41, 5.74) is 2.32. The van der Waals surface area contributed by atoms with Crippen LogP contribution in [0.3, 0.4) is 0 Å². The summed E-state index contributed by atoms with van der Waals surface area (Å²) in [7, 11) is 1.99. The molecular formula is C14H19N5S. The normalized spacial score (nSPS) is 13.1. The van der Waals surface area contributed by atoms with Gasteiger partial charge in [0.1, 0.15) is 0 Å². The van der Waals surface area contributed by atoms with Crippen LogP contribution in [0, 0.1) is 0 Å². The number of imidazole rings is 1. The summed E-state index contributed by atoms with van der Waals surface area (Å²) in [4.78, 5) is 5.73. The van der Waals surface area contributed by atoms with Gasteiger partial charge in [0.05, 0.1) is 17.4 Å². The third-order valence-corrected chi connectivity index (χ3v) is 4.18. The summed E-state index contributed by atoms with van der Waals surface area (Å²) in [6.07, 6.45) is 8.01. The Morgan fingerprint density at radius 1 is 1.45 bits per heavy atom. The minimum absolute atomic E-state index is 0.257. The molecule has 0 aliphatic heterocycles. The summed E-state index contributed by atoms with van der Waals surface area (Å²) in [6, 6.07) is 2.33. The van der Waals surface area contributed by atoms with E-state index < -0.39 is 0 Å². The standard InChI is InChI=1S/C14H19N5S/c1-3-5-15-12(13-4-6-16-18(13)2)9-11-10-19-7-8-20-14(19)17-11/h4,6-8,10,12,15H,3,5,9H2,1-2H3. The Hall–Kier alpha value is -1.66. The van der Waals surface area contributed by atoms with Crippen molar-refractivity contribution < 1.29 is 0 Å². The molecule has 20 heavy (non-hydrogen) atoms. The minimum atomic E-state index is 0.257. The van der Waals surface area contributed by atoms with E-state index in [0.717, 1.165) is 30.0 Å². The summed E-state index contributed by atoms with van der Waals surface area (Å²) < 4.78 is 4.02. The second-order valence-corrected chi connectivity index (χ2v) is 5.79. The number of nitrogens with zero attached hydrogens (tertiary/aromatic N) is 4. The molecule has 0 saturated carbocycles. The molecular weight excluding hydrogens is 270 g/mol. The van der Waals surface area contributed by atoms with Gasteiger partial charge in [-0.1, -0.05) is 6.92 Å². The van der Waals surface area contributed by atoms with Gasteiger partial charge in [0, 0.05) is 37.4 Å². The van der Waals surface area contributed by atoms with Crippen molar-refractivity contribution in [1.29, 1.82) is 0 Å². The lowest BCUT2D eigenvalue weighted by Gasteiger charge is -2.17. The second kappa shape index (κ2) is 5.76. The maximum absolute atomic E-state index is 4.67. The first-order valence-electron chi connectivity index (χ1n) is 6.90. The fourth-order valence-electron chi connectivity index (χ4n) is 2.41. The van der Waals surface area contributed by atoms with Crippen molar-refractivity contribution in [3.63, 3.8) is 0 Å². The monoisotopic (exact) mass is 289 g/mol. The molecule has 0 aromatic carbocycles. The van der Waals surface area contributed by atoms with Crippen LogP contribution in [0.15, 0.2) is 30.0 Å². The lowest BCUT2D eigenvalue weighted by atomic mass is 10.1. The average Bonchev–Trinajstić information content (AvgIpc) is 3.10. The van der Waals surface area contributed by atoms with Crippen LogP contribution in [-0.2, 0) is 13.5 Å². The number of thiazole rings is 1. The molecule has 3 heterocycles. The zero-order valence-corrected chi connectivity index (χ0v) is 12.6. The first kappa shape index (κ1) is 13.3. The molecule has 3 aromatic heterocycles. The van der Waals surface area contributed by atoms with E-state index in [-0.39, 0.29) is 6.04 Å². The van der Waals surface area contributed by atoms with Gasteiger partial charge >= 0.3 is 0 Å². The first-order chi connectivity index (χ1) is 9.78. The molecule has 0 bridgehead atoms. The number of aromatic nitrogens is 4. The highest BCUT2D eigenvalue weighted by Crippen LogP contribution is 2.19. The molecule has 1 atom stereocenters. The number of hydrogen-bond acceptors (Lipinski definition) is 4. The summed E-state index contributed by atoms with van der Waals surface area (Å²) in [5, 5.41) is 9.92. The van der Waals surface area contributed by atoms with Crippen molar-refractivity contribution in [3.05, 3.63) is 41.4 Å². The lowest BCUT2D eigenvalue weighted by Crippen LogP contribution is -2.26. The number of fused-ring (bicyclic) bond motifs is 1. The molecule has 0 spiro atoms. The third kappa shape index (κ3) is 2.62. The van der Waals surface area contributed by atoms with E-state index in [1.54, 1.807) is 11.3 Å². The van der Waals surface area contributed by atoms with Crippen LogP contribution in [0.2, 0.25) is 0 Å². The molecule has 1 N–H and O–H groups in total. The summed E-state index contributed by atoms with van der Waals surface area (Å²) >= 11 is 1.67. The van der Waals surface area contributed by atoms with Crippen molar-refractivity contribution in [2.75, 3.05) is 6.54 Å². The maximum atomic E-state index is 4.67. The summed E-state index contributed by atoms with van der Waals surface area (Å²) in [6.45, 7) is 3.18. The van der Waals surface area contributed by atoms with Gasteiger partial charge in [-0.05, 0) is 19.0 Å². The minimum Gasteiger partial charge on any atom is -0.308 e. The van der Waals surface area contributed by atoms with E-state index in [2.05, 4.69) is 50.6 Å². The summed E-state index contributed by atoms with van der Waals surface area (Å²) in [5.74, 6) is 0. The lowest BCUT2D eigenvalue weighted by molar-refractivity contribution is 0.490. The number of hydrogen-bond donors (Lipinski definition) is 1. The van der Waals surface area contributed by atoms with Crippen molar-refractivity contribution in [3.8, 4) is 0 Å². The Kier molecular flexibility index (Phi) is 3.84. The molecule has 3 aromatic rings. The molecule has 0 amide bonds. The zero-order chi connectivity index (χ0) is 13.9.